The molecule has 6 aromatic carbocycles. The van der Waals surface area contributed by atoms with E-state index in [2.05, 4.69) is 201 Å². The van der Waals surface area contributed by atoms with Crippen molar-refractivity contribution in [1.29, 1.82) is 0 Å². The van der Waals surface area contributed by atoms with E-state index < -0.39 is 0 Å². The first-order valence-corrected chi connectivity index (χ1v) is 25.7. The van der Waals surface area contributed by atoms with Gasteiger partial charge in [0.15, 0.2) is 0 Å². The van der Waals surface area contributed by atoms with Crippen LogP contribution in [0.1, 0.15) is 116 Å². The van der Waals surface area contributed by atoms with E-state index in [1.165, 1.54) is 77.2 Å². The molecule has 5 heteroatoms. The number of methoxy groups -OCH3 is 1. The minimum absolute atomic E-state index is 0. The van der Waals surface area contributed by atoms with E-state index in [0.29, 0.717) is 0 Å². The van der Waals surface area contributed by atoms with Crippen LogP contribution in [-0.2, 0) is 45.0 Å². The van der Waals surface area contributed by atoms with Crippen LogP contribution in [0.4, 0.5) is 0 Å². The third-order valence-corrected chi connectivity index (χ3v) is 9.99. The Morgan fingerprint density at radius 1 is 0.536 bits per heavy atom. The van der Waals surface area contributed by atoms with Crippen LogP contribution in [0.5, 0.6) is 5.75 Å². The minimum atomic E-state index is 0. The largest absolute Gasteiger partial charge is 0.165 e. The predicted octanol–water partition coefficient (Wildman–Crippen LogP) is 15.9. The standard InChI is InChI=1S/C28H37.C21H23O.C2H6Si.2ClH.Zr/c1-18-11-19-13-23(28(8,9)10)17-25(24(19)12-18)20-14-21(26(2,3)4)16-22(15-20)27(5,6)7;1-14-11-16-13-18(21(2,3)4)20(22-5)19(17(16)12-14)15-9-7-6-8-10-15;1-3-2;;;/h11-17H,1-10H3;6-13H,1-5H3;1-2H3;2*1H;/q2*-1;;;;+2. The number of aryl methyl sites for hydroxylation is 2. The summed E-state index contributed by atoms with van der Waals surface area (Å²) in [5.41, 5.74) is 13.9. The van der Waals surface area contributed by atoms with Gasteiger partial charge in [-0.1, -0.05) is 163 Å². The van der Waals surface area contributed by atoms with Crippen LogP contribution in [0.2, 0.25) is 13.1 Å². The summed E-state index contributed by atoms with van der Waals surface area (Å²) in [4.78, 5) is 0. The Morgan fingerprint density at radius 2 is 0.964 bits per heavy atom. The molecule has 0 N–H and O–H groups in total. The van der Waals surface area contributed by atoms with Crippen molar-refractivity contribution in [3.63, 3.8) is 0 Å². The van der Waals surface area contributed by atoms with Crippen LogP contribution in [0, 0.1) is 13.8 Å². The molecule has 0 aliphatic rings. The smallest absolute Gasteiger partial charge is 0.0132 e. The molecular formula is C51H68Cl2OSiZr. The summed E-state index contributed by atoms with van der Waals surface area (Å²) in [5.74, 6) is 0.997. The number of halogens is 2. The zero-order valence-corrected chi connectivity index (χ0v) is 42.5. The molecule has 0 saturated heterocycles. The van der Waals surface area contributed by atoms with Crippen molar-refractivity contribution in [2.24, 2.45) is 0 Å². The van der Waals surface area contributed by atoms with Crippen LogP contribution in [0.3, 0.4) is 0 Å². The van der Waals surface area contributed by atoms with Crippen LogP contribution >= 0.6 is 24.8 Å². The maximum absolute atomic E-state index is 5.87. The molecule has 0 bridgehead atoms. The fraction of sp³-hybridized carbons (Fsp3) is 0.412. The molecule has 0 heterocycles. The van der Waals surface area contributed by atoms with E-state index in [1.807, 2.05) is 0 Å². The van der Waals surface area contributed by atoms with Gasteiger partial charge in [0.2, 0.25) is 0 Å². The summed E-state index contributed by atoms with van der Waals surface area (Å²) in [6, 6.07) is 34.1. The van der Waals surface area contributed by atoms with Gasteiger partial charge >= 0.3 is 41.9 Å². The monoisotopic (exact) mass is 884 g/mol. The van der Waals surface area contributed by atoms with Crippen molar-refractivity contribution in [3.8, 4) is 28.0 Å². The number of hydrogen-bond acceptors (Lipinski definition) is 1. The Labute approximate surface area is 368 Å². The number of ether oxygens (including phenoxy) is 1. The van der Waals surface area contributed by atoms with Crippen molar-refractivity contribution in [3.05, 3.63) is 124 Å². The number of fused-ring (bicyclic) bond motifs is 2. The van der Waals surface area contributed by atoms with E-state index in [0.717, 1.165) is 5.75 Å². The van der Waals surface area contributed by atoms with Crippen LogP contribution in [-0.4, -0.2) is 12.5 Å². The van der Waals surface area contributed by atoms with Gasteiger partial charge < -0.3 is 4.74 Å². The molecule has 300 valence electrons. The molecule has 0 amide bonds. The number of hydrogen-bond donors (Lipinski definition) is 0. The van der Waals surface area contributed by atoms with Crippen LogP contribution < -0.4 is 4.74 Å². The second kappa shape index (κ2) is 19.1. The maximum Gasteiger partial charge on any atom is -0.0132 e. The van der Waals surface area contributed by atoms with Gasteiger partial charge in [-0.15, -0.1) is 81.8 Å². The van der Waals surface area contributed by atoms with Crippen LogP contribution in [0.15, 0.2) is 91.0 Å². The molecule has 56 heavy (non-hydrogen) atoms. The van der Waals surface area contributed by atoms with E-state index in [-0.39, 0.29) is 51.9 Å². The number of benzene rings is 4. The molecule has 0 atom stereocenters. The third kappa shape index (κ3) is 12.3. The molecule has 1 nitrogen and oxygen atoms in total. The van der Waals surface area contributed by atoms with Crippen molar-refractivity contribution in [2.75, 3.05) is 7.11 Å². The number of rotatable bonds is 3. The van der Waals surface area contributed by atoms with Crippen LogP contribution in [0.25, 0.3) is 43.8 Å². The Bertz CT molecular complexity index is 2210. The molecule has 0 aliphatic carbocycles. The van der Waals surface area contributed by atoms with E-state index >= 15 is 0 Å². The zero-order valence-electron chi connectivity index (χ0n) is 37.4. The van der Waals surface area contributed by atoms with E-state index in [4.69, 9.17) is 4.74 Å². The summed E-state index contributed by atoms with van der Waals surface area (Å²) < 4.78 is 5.87. The fourth-order valence-corrected chi connectivity index (χ4v) is 6.94. The first-order valence-electron chi connectivity index (χ1n) is 19.5. The van der Waals surface area contributed by atoms with Gasteiger partial charge in [-0.25, -0.2) is 0 Å². The Hall–Kier alpha value is -2.42. The quantitative estimate of drug-likeness (QED) is 0.127. The Morgan fingerprint density at radius 3 is 1.39 bits per heavy atom. The average molecular weight is 887 g/mol. The van der Waals surface area contributed by atoms with Crippen molar-refractivity contribution >= 4 is 51.8 Å². The summed E-state index contributed by atoms with van der Waals surface area (Å²) >= 11 is 1.74. The van der Waals surface area contributed by atoms with Crippen molar-refractivity contribution in [2.45, 2.75) is 132 Å². The second-order valence-corrected chi connectivity index (χ2v) is 29.0. The molecular weight excluding hydrogens is 819 g/mol. The van der Waals surface area contributed by atoms with Crippen molar-refractivity contribution < 1.29 is 28.1 Å². The average Bonchev–Trinajstić information content (AvgIpc) is 3.62. The molecule has 0 unspecified atom stereocenters. The SMILES string of the molecule is COc1c(C(C)(C)C)cc2[cH-]c(C)cc2c1-c1ccccc1.C[Si](C)=[Zr+2].Cc1cc2c(-c3cc(C(C)(C)C)cc(C(C)(C)C)c3)cc(C(C)(C)C)cc2[cH-]1.Cl.Cl. The summed E-state index contributed by atoms with van der Waals surface area (Å²) in [6.45, 7) is 36.5. The summed E-state index contributed by atoms with van der Waals surface area (Å²) in [5, 5.41) is 5.30. The van der Waals surface area contributed by atoms with Gasteiger partial charge in [-0.2, -0.15) is 12.1 Å². The molecule has 0 fully saturated rings. The summed E-state index contributed by atoms with van der Waals surface area (Å²) in [7, 11) is 1.78. The molecule has 6 rings (SSSR count). The maximum atomic E-state index is 5.87. The second-order valence-electron chi connectivity index (χ2n) is 19.6. The Kier molecular flexibility index (Phi) is 17.0. The van der Waals surface area contributed by atoms with Gasteiger partial charge in [0.25, 0.3) is 0 Å². The normalized spacial score (nSPS) is 11.8. The zero-order chi connectivity index (χ0) is 40.6. The van der Waals surface area contributed by atoms with Gasteiger partial charge in [-0.3, -0.25) is 0 Å². The molecule has 0 saturated carbocycles. The Balaban J connectivity index is 0.000000349. The first kappa shape index (κ1) is 49.7. The van der Waals surface area contributed by atoms with Gasteiger partial charge in [0.05, 0.1) is 7.11 Å². The van der Waals surface area contributed by atoms with E-state index in [9.17, 15) is 0 Å². The third-order valence-electron chi connectivity index (χ3n) is 9.99. The topological polar surface area (TPSA) is 9.23 Å². The minimum Gasteiger partial charge on any atom is -0.165 e. The van der Waals surface area contributed by atoms with Gasteiger partial charge in [0.1, 0.15) is 5.75 Å². The molecule has 6 aromatic rings. The first-order chi connectivity index (χ1) is 24.8. The molecule has 0 radical (unpaired) electrons. The van der Waals surface area contributed by atoms with E-state index in [1.54, 1.807) is 30.4 Å². The fourth-order valence-electron chi connectivity index (χ4n) is 6.94. The molecule has 0 aromatic heterocycles. The summed E-state index contributed by atoms with van der Waals surface area (Å²) in [6.07, 6.45) is 0. The van der Waals surface area contributed by atoms with Gasteiger partial charge in [0, 0.05) is 0 Å². The molecule has 0 spiro atoms. The van der Waals surface area contributed by atoms with Gasteiger partial charge in [-0.05, 0) is 55.0 Å². The predicted molar refractivity (Wildman–Crippen MR) is 253 cm³/mol. The molecule has 0 aliphatic heterocycles. The van der Waals surface area contributed by atoms with Crippen molar-refractivity contribution in [1.82, 2.24) is 0 Å².